The molecule has 1 rings (SSSR count). The van der Waals surface area contributed by atoms with Crippen LogP contribution in [-0.4, -0.2) is 20.6 Å². The minimum absolute atomic E-state index is 0.548. The van der Waals surface area contributed by atoms with Crippen molar-refractivity contribution in [1.29, 1.82) is 0 Å². The van der Waals surface area contributed by atoms with Gasteiger partial charge in [0.2, 0.25) is 0 Å². The van der Waals surface area contributed by atoms with Crippen LogP contribution in [-0.2, 0) is 11.3 Å². The highest BCUT2D eigenvalue weighted by molar-refractivity contribution is 5.79. The van der Waals surface area contributed by atoms with Gasteiger partial charge in [-0.1, -0.05) is 6.08 Å². The molecule has 0 aliphatic rings. The quantitative estimate of drug-likeness (QED) is 0.642. The zero-order valence-electron chi connectivity index (χ0n) is 5.84. The maximum absolute atomic E-state index is 10.0. The lowest BCUT2D eigenvalue weighted by molar-refractivity contribution is -0.131. The standard InChI is InChI=1S/C7H8N2O2/c10-7(11)2-1-4-9-5-3-8-6-9/h1-3,5-6H,4H2,(H,10,11)/b2-1+. The number of nitrogens with zero attached hydrogens (tertiary/aromatic N) is 2. The molecule has 0 atom stereocenters. The van der Waals surface area contributed by atoms with Crippen molar-refractivity contribution in [3.05, 3.63) is 30.9 Å². The summed E-state index contributed by atoms with van der Waals surface area (Å²) < 4.78 is 1.78. The molecule has 0 unspecified atom stereocenters. The predicted octanol–water partition coefficient (Wildman–Crippen LogP) is 0.524. The van der Waals surface area contributed by atoms with Crippen molar-refractivity contribution in [2.24, 2.45) is 0 Å². The number of carboxylic acid groups (broad SMARTS) is 1. The molecule has 0 saturated carbocycles. The molecule has 1 heterocycles. The highest BCUT2D eigenvalue weighted by atomic mass is 16.4. The van der Waals surface area contributed by atoms with Gasteiger partial charge in [-0.15, -0.1) is 0 Å². The molecule has 0 fully saturated rings. The lowest BCUT2D eigenvalue weighted by Crippen LogP contribution is -1.92. The molecule has 0 aliphatic carbocycles. The first kappa shape index (κ1) is 7.53. The van der Waals surface area contributed by atoms with Gasteiger partial charge in [0.15, 0.2) is 0 Å². The molecule has 1 aromatic heterocycles. The average molecular weight is 152 g/mol. The molecule has 0 aromatic carbocycles. The van der Waals surface area contributed by atoms with Crippen molar-refractivity contribution in [1.82, 2.24) is 9.55 Å². The average Bonchev–Trinajstić information content (AvgIpc) is 2.39. The molecular weight excluding hydrogens is 144 g/mol. The SMILES string of the molecule is O=C(O)/C=C/Cn1ccnc1. The first-order valence-electron chi connectivity index (χ1n) is 3.14. The number of aromatic nitrogens is 2. The van der Waals surface area contributed by atoms with E-state index in [1.165, 1.54) is 0 Å². The maximum atomic E-state index is 10.0. The Kier molecular flexibility index (Phi) is 2.43. The first-order chi connectivity index (χ1) is 5.29. The lowest BCUT2D eigenvalue weighted by Gasteiger charge is -1.91. The number of carboxylic acids is 1. The molecule has 11 heavy (non-hydrogen) atoms. The van der Waals surface area contributed by atoms with Gasteiger partial charge in [-0.25, -0.2) is 9.78 Å². The first-order valence-corrected chi connectivity index (χ1v) is 3.14. The van der Waals surface area contributed by atoms with Crippen molar-refractivity contribution in [2.75, 3.05) is 0 Å². The van der Waals surface area contributed by atoms with Gasteiger partial charge in [0.1, 0.15) is 0 Å². The Morgan fingerprint density at radius 3 is 3.09 bits per heavy atom. The highest BCUT2D eigenvalue weighted by Crippen LogP contribution is 1.86. The van der Waals surface area contributed by atoms with Crippen LogP contribution in [0.5, 0.6) is 0 Å². The Bertz CT molecular complexity index is 251. The third kappa shape index (κ3) is 2.66. The molecule has 4 heteroatoms. The van der Waals surface area contributed by atoms with Gasteiger partial charge in [0.05, 0.1) is 6.33 Å². The fourth-order valence-corrected chi connectivity index (χ4v) is 0.670. The second kappa shape index (κ2) is 3.55. The summed E-state index contributed by atoms with van der Waals surface area (Å²) in [6, 6.07) is 0. The van der Waals surface area contributed by atoms with E-state index in [4.69, 9.17) is 5.11 Å². The van der Waals surface area contributed by atoms with Crippen molar-refractivity contribution in [3.8, 4) is 0 Å². The van der Waals surface area contributed by atoms with Crippen molar-refractivity contribution in [2.45, 2.75) is 6.54 Å². The second-order valence-electron chi connectivity index (χ2n) is 2.00. The predicted molar refractivity (Wildman–Crippen MR) is 39.0 cm³/mol. The third-order valence-corrected chi connectivity index (χ3v) is 1.14. The number of carbonyl (C=O) groups is 1. The number of hydrogen-bond donors (Lipinski definition) is 1. The van der Waals surface area contributed by atoms with E-state index < -0.39 is 5.97 Å². The molecule has 58 valence electrons. The molecule has 4 nitrogen and oxygen atoms in total. The summed E-state index contributed by atoms with van der Waals surface area (Å²) in [7, 11) is 0. The van der Waals surface area contributed by atoms with Crippen LogP contribution in [0.3, 0.4) is 0 Å². The summed E-state index contributed by atoms with van der Waals surface area (Å²) in [5.74, 6) is -0.926. The largest absolute Gasteiger partial charge is 0.478 e. The minimum atomic E-state index is -0.926. The van der Waals surface area contributed by atoms with Gasteiger partial charge < -0.3 is 9.67 Å². The van der Waals surface area contributed by atoms with E-state index in [1.54, 1.807) is 29.4 Å². The summed E-state index contributed by atoms with van der Waals surface area (Å²) in [5.41, 5.74) is 0. The van der Waals surface area contributed by atoms with E-state index in [2.05, 4.69) is 4.98 Å². The molecule has 0 amide bonds. The lowest BCUT2D eigenvalue weighted by atomic mass is 10.5. The third-order valence-electron chi connectivity index (χ3n) is 1.14. The number of hydrogen-bond acceptors (Lipinski definition) is 2. The van der Waals surface area contributed by atoms with E-state index in [0.717, 1.165) is 6.08 Å². The Hall–Kier alpha value is -1.58. The van der Waals surface area contributed by atoms with Gasteiger partial charge in [0.25, 0.3) is 0 Å². The maximum Gasteiger partial charge on any atom is 0.328 e. The van der Waals surface area contributed by atoms with E-state index in [-0.39, 0.29) is 0 Å². The molecule has 0 bridgehead atoms. The van der Waals surface area contributed by atoms with Crippen LogP contribution in [0.4, 0.5) is 0 Å². The van der Waals surface area contributed by atoms with E-state index in [0.29, 0.717) is 6.54 Å². The number of rotatable bonds is 3. The van der Waals surface area contributed by atoms with E-state index in [9.17, 15) is 4.79 Å². The minimum Gasteiger partial charge on any atom is -0.478 e. The number of imidazole rings is 1. The van der Waals surface area contributed by atoms with E-state index >= 15 is 0 Å². The van der Waals surface area contributed by atoms with Gasteiger partial charge in [-0.3, -0.25) is 0 Å². The fraction of sp³-hybridized carbons (Fsp3) is 0.143. The topological polar surface area (TPSA) is 55.1 Å². The van der Waals surface area contributed by atoms with Crippen LogP contribution in [0, 0.1) is 0 Å². The molecule has 1 aromatic rings. The Labute approximate surface area is 63.8 Å². The van der Waals surface area contributed by atoms with Gasteiger partial charge in [-0.2, -0.15) is 0 Å². The summed E-state index contributed by atoms with van der Waals surface area (Å²) in [4.78, 5) is 13.8. The number of aliphatic carboxylic acids is 1. The van der Waals surface area contributed by atoms with Gasteiger partial charge >= 0.3 is 5.97 Å². The molecule has 0 radical (unpaired) electrons. The Morgan fingerprint density at radius 2 is 2.55 bits per heavy atom. The van der Waals surface area contributed by atoms with Crippen LogP contribution >= 0.6 is 0 Å². The summed E-state index contributed by atoms with van der Waals surface area (Å²) in [5, 5.41) is 8.23. The van der Waals surface area contributed by atoms with Gasteiger partial charge in [0, 0.05) is 25.0 Å². The summed E-state index contributed by atoms with van der Waals surface area (Å²) in [6.07, 6.45) is 7.72. The fourth-order valence-electron chi connectivity index (χ4n) is 0.670. The van der Waals surface area contributed by atoms with Crippen molar-refractivity contribution in [3.63, 3.8) is 0 Å². The van der Waals surface area contributed by atoms with Crippen molar-refractivity contribution >= 4 is 5.97 Å². The van der Waals surface area contributed by atoms with Crippen LogP contribution < -0.4 is 0 Å². The zero-order chi connectivity index (χ0) is 8.10. The molecule has 0 aliphatic heterocycles. The molecule has 1 N–H and O–H groups in total. The van der Waals surface area contributed by atoms with Crippen molar-refractivity contribution < 1.29 is 9.90 Å². The molecular formula is C7H8N2O2. The Balaban J connectivity index is 2.40. The number of allylic oxidation sites excluding steroid dienone is 1. The smallest absolute Gasteiger partial charge is 0.328 e. The van der Waals surface area contributed by atoms with Crippen LogP contribution in [0.2, 0.25) is 0 Å². The molecule has 0 spiro atoms. The van der Waals surface area contributed by atoms with Crippen LogP contribution in [0.25, 0.3) is 0 Å². The monoisotopic (exact) mass is 152 g/mol. The van der Waals surface area contributed by atoms with Crippen LogP contribution in [0.1, 0.15) is 0 Å². The second-order valence-corrected chi connectivity index (χ2v) is 2.00. The van der Waals surface area contributed by atoms with Gasteiger partial charge in [-0.05, 0) is 0 Å². The Morgan fingerprint density at radius 1 is 1.73 bits per heavy atom. The zero-order valence-corrected chi connectivity index (χ0v) is 5.84. The molecule has 0 saturated heterocycles. The summed E-state index contributed by atoms with van der Waals surface area (Å²) >= 11 is 0. The highest BCUT2D eigenvalue weighted by Gasteiger charge is 1.86. The normalized spacial score (nSPS) is 10.5. The van der Waals surface area contributed by atoms with E-state index in [1.807, 2.05) is 0 Å². The van der Waals surface area contributed by atoms with Crippen LogP contribution in [0.15, 0.2) is 30.9 Å². The summed E-state index contributed by atoms with van der Waals surface area (Å²) in [6.45, 7) is 0.548.